The Labute approximate surface area is 278 Å². The van der Waals surface area contributed by atoms with Crippen molar-refractivity contribution in [3.63, 3.8) is 0 Å². The largest absolute Gasteiger partial charge is 0.497 e. The Bertz CT molecular complexity index is 1700. The van der Waals surface area contributed by atoms with Crippen LogP contribution in [-0.2, 0) is 14.4 Å². The molecule has 5 N–H and O–H groups in total. The van der Waals surface area contributed by atoms with Gasteiger partial charge in [-0.3, -0.25) is 9.59 Å². The third-order valence-corrected chi connectivity index (χ3v) is 8.83. The molecule has 2 aliphatic rings. The molecule has 1 aliphatic carbocycles. The maximum Gasteiger partial charge on any atom is 0.330 e. The summed E-state index contributed by atoms with van der Waals surface area (Å²) in [7, 11) is 1.57. The fourth-order valence-corrected chi connectivity index (χ4v) is 6.05. The number of benzene rings is 2. The Morgan fingerprint density at radius 1 is 1.15 bits per heavy atom. The summed E-state index contributed by atoms with van der Waals surface area (Å²) >= 11 is 0. The zero-order valence-corrected chi connectivity index (χ0v) is 27.1. The Balaban J connectivity index is 1.46. The first-order chi connectivity index (χ1) is 23.0. The van der Waals surface area contributed by atoms with Crippen molar-refractivity contribution in [3.8, 4) is 22.8 Å². The lowest BCUT2D eigenvalue weighted by molar-refractivity contribution is -0.144. The molecule has 254 valence electrons. The molecule has 1 aliphatic heterocycles. The number of aromatic nitrogens is 1. The van der Waals surface area contributed by atoms with E-state index in [0.29, 0.717) is 28.1 Å². The number of urea groups is 1. The molecule has 2 aromatic carbocycles. The molecular formula is C35H41N5O8. The molecule has 0 bridgehead atoms. The van der Waals surface area contributed by atoms with Crippen LogP contribution in [0.25, 0.3) is 22.2 Å². The number of carboxylic acid groups (broad SMARTS) is 1. The van der Waals surface area contributed by atoms with Gasteiger partial charge in [0.05, 0.1) is 31.5 Å². The number of aliphatic hydroxyl groups excluding tert-OH is 1. The van der Waals surface area contributed by atoms with Crippen LogP contribution in [0.15, 0.2) is 67.3 Å². The Morgan fingerprint density at radius 3 is 2.52 bits per heavy atom. The molecule has 1 saturated heterocycles. The number of nitrogens with zero attached hydrogens (tertiary/aromatic N) is 2. The van der Waals surface area contributed by atoms with E-state index in [2.05, 4.69) is 22.5 Å². The van der Waals surface area contributed by atoms with Gasteiger partial charge in [0.25, 0.3) is 0 Å². The summed E-state index contributed by atoms with van der Waals surface area (Å²) in [6.45, 7) is 6.92. The predicted octanol–water partition coefficient (Wildman–Crippen LogP) is 2.72. The first-order valence-corrected chi connectivity index (χ1v) is 15.9. The maximum absolute atomic E-state index is 13.8. The molecule has 0 unspecified atom stereocenters. The lowest BCUT2D eigenvalue weighted by Gasteiger charge is -2.29. The highest BCUT2D eigenvalue weighted by molar-refractivity contribution is 5.95. The van der Waals surface area contributed by atoms with Gasteiger partial charge in [-0.25, -0.2) is 14.6 Å². The lowest BCUT2D eigenvalue weighted by atomic mass is 10.0. The van der Waals surface area contributed by atoms with Gasteiger partial charge in [-0.1, -0.05) is 50.3 Å². The van der Waals surface area contributed by atoms with Crippen LogP contribution in [0.5, 0.6) is 11.5 Å². The quantitative estimate of drug-likeness (QED) is 0.173. The van der Waals surface area contributed by atoms with Crippen LogP contribution in [-0.4, -0.2) is 94.4 Å². The number of amides is 4. The smallest absolute Gasteiger partial charge is 0.330 e. The molecule has 4 amide bonds. The van der Waals surface area contributed by atoms with Gasteiger partial charge in [0.1, 0.15) is 35.2 Å². The first kappa shape index (κ1) is 34.2. The highest BCUT2D eigenvalue weighted by Gasteiger charge is 2.61. The summed E-state index contributed by atoms with van der Waals surface area (Å²) in [6, 6.07) is 14.0. The van der Waals surface area contributed by atoms with E-state index >= 15 is 0 Å². The van der Waals surface area contributed by atoms with E-state index in [1.807, 2.05) is 36.4 Å². The summed E-state index contributed by atoms with van der Waals surface area (Å²) in [4.78, 5) is 58.7. The molecule has 2 fully saturated rings. The van der Waals surface area contributed by atoms with Gasteiger partial charge in [-0.15, -0.1) is 6.58 Å². The predicted molar refractivity (Wildman–Crippen MR) is 177 cm³/mol. The Morgan fingerprint density at radius 2 is 1.90 bits per heavy atom. The van der Waals surface area contributed by atoms with Gasteiger partial charge in [0.2, 0.25) is 11.8 Å². The Kier molecular flexibility index (Phi) is 10.2. The zero-order valence-electron chi connectivity index (χ0n) is 27.1. The monoisotopic (exact) mass is 659 g/mol. The molecule has 1 saturated carbocycles. The number of fused-ring (bicyclic) bond motifs is 1. The van der Waals surface area contributed by atoms with Gasteiger partial charge in [0.15, 0.2) is 0 Å². The molecule has 1 aromatic heterocycles. The number of carbonyl (C=O) groups is 4. The number of methoxy groups -OCH3 is 1. The minimum atomic E-state index is -1.50. The molecule has 0 spiro atoms. The van der Waals surface area contributed by atoms with Crippen LogP contribution in [0.2, 0.25) is 0 Å². The van der Waals surface area contributed by atoms with E-state index in [1.165, 1.54) is 11.0 Å². The highest BCUT2D eigenvalue weighted by Crippen LogP contribution is 2.45. The molecule has 2 heterocycles. The van der Waals surface area contributed by atoms with Gasteiger partial charge in [-0.2, -0.15) is 0 Å². The van der Waals surface area contributed by atoms with Crippen molar-refractivity contribution in [1.82, 2.24) is 25.8 Å². The number of likely N-dealkylation sites (tertiary alicyclic amines) is 1. The first-order valence-electron chi connectivity index (χ1n) is 15.9. The summed E-state index contributed by atoms with van der Waals surface area (Å²) in [5.74, 6) is -2.00. The van der Waals surface area contributed by atoms with Crippen LogP contribution in [0.4, 0.5) is 4.79 Å². The second-order valence-electron chi connectivity index (χ2n) is 12.4. The van der Waals surface area contributed by atoms with Crippen molar-refractivity contribution in [3.05, 3.63) is 67.3 Å². The van der Waals surface area contributed by atoms with Crippen molar-refractivity contribution in [2.45, 2.75) is 50.4 Å². The molecule has 48 heavy (non-hydrogen) atoms. The molecule has 13 heteroatoms. The standard InChI is InChI=1S/C35H41N5O8/c1-5-22-18-35(22,33(44)45)39-31(42)28-16-24(19-40(28)34(46)38-30(20(2)3)32(43)36-13-14-41)48-29-17-26(21-9-7-6-8-10-21)37-27-15-23(47-4)11-12-25(27)29/h5-12,15,17,20,22,24,28,30,41H,1,13-14,16,18-19H2,2-4H3,(H,36,43)(H,38,46)(H,39,42)(H,44,45)/t22-,24-,28+,30+,35-/m1/s1. The fourth-order valence-electron chi connectivity index (χ4n) is 6.05. The molecule has 0 radical (unpaired) electrons. The number of aliphatic carboxylic acids is 1. The average Bonchev–Trinajstić information content (AvgIpc) is 3.65. The second kappa shape index (κ2) is 14.3. The number of hydrogen-bond acceptors (Lipinski definition) is 8. The van der Waals surface area contributed by atoms with Gasteiger partial charge in [0, 0.05) is 42.0 Å². The van der Waals surface area contributed by atoms with Crippen molar-refractivity contribution >= 4 is 34.7 Å². The SMILES string of the molecule is C=C[C@@H]1C[C@]1(NC(=O)[C@@H]1C[C@@H](Oc2cc(-c3ccccc3)nc3cc(OC)ccc23)CN1C(=O)N[C@H](C(=O)NCCO)C(C)C)C(=O)O. The van der Waals surface area contributed by atoms with Gasteiger partial charge in [-0.05, 0) is 24.5 Å². The lowest BCUT2D eigenvalue weighted by Crippen LogP contribution is -2.58. The van der Waals surface area contributed by atoms with E-state index in [0.717, 1.165) is 5.56 Å². The van der Waals surface area contributed by atoms with Crippen molar-refractivity contribution < 1.29 is 38.9 Å². The zero-order chi connectivity index (χ0) is 34.6. The minimum absolute atomic E-state index is 0.0149. The van der Waals surface area contributed by atoms with Crippen LogP contribution in [0.1, 0.15) is 26.7 Å². The number of ether oxygens (including phenoxy) is 2. The van der Waals surface area contributed by atoms with E-state index in [1.54, 1.807) is 39.2 Å². The van der Waals surface area contributed by atoms with Crippen LogP contribution in [0.3, 0.4) is 0 Å². The number of nitrogens with one attached hydrogen (secondary N) is 3. The van der Waals surface area contributed by atoms with E-state index in [-0.39, 0.29) is 38.5 Å². The molecule has 5 atom stereocenters. The third kappa shape index (κ3) is 7.05. The summed E-state index contributed by atoms with van der Waals surface area (Å²) in [5.41, 5.74) is 0.620. The fraction of sp³-hybridized carbons (Fsp3) is 0.400. The third-order valence-electron chi connectivity index (χ3n) is 8.83. The maximum atomic E-state index is 13.8. The second-order valence-corrected chi connectivity index (χ2v) is 12.4. The molecule has 5 rings (SSSR count). The van der Waals surface area contributed by atoms with Gasteiger partial charge < -0.3 is 40.5 Å². The van der Waals surface area contributed by atoms with E-state index < -0.39 is 53.5 Å². The van der Waals surface area contributed by atoms with Crippen LogP contribution >= 0.6 is 0 Å². The highest BCUT2D eigenvalue weighted by atomic mass is 16.5. The van der Waals surface area contributed by atoms with Crippen molar-refractivity contribution in [2.24, 2.45) is 11.8 Å². The molecule has 13 nitrogen and oxygen atoms in total. The number of carbonyl (C=O) groups excluding carboxylic acids is 3. The average molecular weight is 660 g/mol. The van der Waals surface area contributed by atoms with Crippen molar-refractivity contribution in [1.29, 1.82) is 0 Å². The number of pyridine rings is 1. The Hall–Kier alpha value is -5.17. The van der Waals surface area contributed by atoms with Crippen molar-refractivity contribution in [2.75, 3.05) is 26.8 Å². The summed E-state index contributed by atoms with van der Waals surface area (Å²) in [5, 5.41) is 27.7. The van der Waals surface area contributed by atoms with Crippen LogP contribution < -0.4 is 25.4 Å². The number of aliphatic hydroxyl groups is 1. The normalized spacial score (nSPS) is 22.1. The topological polar surface area (TPSA) is 179 Å². The number of carboxylic acids is 1. The number of hydrogen-bond donors (Lipinski definition) is 5. The number of rotatable bonds is 13. The van der Waals surface area contributed by atoms with Gasteiger partial charge >= 0.3 is 12.0 Å². The minimum Gasteiger partial charge on any atom is -0.497 e. The molecule has 3 aromatic rings. The summed E-state index contributed by atoms with van der Waals surface area (Å²) < 4.78 is 12.0. The molecular weight excluding hydrogens is 618 g/mol. The van der Waals surface area contributed by atoms with E-state index in [9.17, 15) is 24.3 Å². The van der Waals surface area contributed by atoms with E-state index in [4.69, 9.17) is 19.6 Å². The van der Waals surface area contributed by atoms with Crippen LogP contribution in [0, 0.1) is 11.8 Å². The summed E-state index contributed by atoms with van der Waals surface area (Å²) in [6.07, 6.45) is 1.05.